The molecule has 8 nitrogen and oxygen atoms in total. The van der Waals surface area contributed by atoms with Gasteiger partial charge in [0.05, 0.1) is 20.8 Å². The molecule has 2 heterocycles. The second-order valence-electron chi connectivity index (χ2n) is 8.45. The van der Waals surface area contributed by atoms with Gasteiger partial charge in [0.15, 0.2) is 11.5 Å². The van der Waals surface area contributed by atoms with Crippen molar-refractivity contribution in [1.82, 2.24) is 20.4 Å². The van der Waals surface area contributed by atoms with E-state index in [-0.39, 0.29) is 17.4 Å². The minimum absolute atomic E-state index is 0.0457. The predicted octanol–water partition coefficient (Wildman–Crippen LogP) is 4.35. The van der Waals surface area contributed by atoms with Gasteiger partial charge in [-0.2, -0.15) is 18.2 Å². The zero-order valence-corrected chi connectivity index (χ0v) is 19.9. The Labute approximate surface area is 206 Å². The van der Waals surface area contributed by atoms with E-state index in [0.29, 0.717) is 54.7 Å². The average Bonchev–Trinajstić information content (AvgIpc) is 3.38. The zero-order valence-electron chi connectivity index (χ0n) is 19.9. The second kappa shape index (κ2) is 11.0. The lowest BCUT2D eigenvalue weighted by Crippen LogP contribution is -2.45. The molecule has 4 rings (SSSR count). The van der Waals surface area contributed by atoms with Gasteiger partial charge in [-0.3, -0.25) is 10.1 Å². The maximum atomic E-state index is 13.5. The number of alkyl halides is 3. The van der Waals surface area contributed by atoms with Gasteiger partial charge < -0.3 is 18.9 Å². The van der Waals surface area contributed by atoms with Crippen molar-refractivity contribution in [2.75, 3.05) is 33.9 Å². The predicted molar refractivity (Wildman–Crippen MR) is 125 cm³/mol. The van der Waals surface area contributed by atoms with E-state index in [1.165, 1.54) is 24.3 Å². The third-order valence-electron chi connectivity index (χ3n) is 6.20. The van der Waals surface area contributed by atoms with Crippen LogP contribution < -0.4 is 14.8 Å². The van der Waals surface area contributed by atoms with Crippen molar-refractivity contribution in [3.8, 4) is 22.9 Å². The molecule has 0 bridgehead atoms. The largest absolute Gasteiger partial charge is 0.493 e. The fourth-order valence-electron chi connectivity index (χ4n) is 4.24. The number of benzene rings is 2. The lowest BCUT2D eigenvalue weighted by atomic mass is 9.96. The summed E-state index contributed by atoms with van der Waals surface area (Å²) in [7, 11) is 3.09. The standard InChI is InChI=1S/C25H27F3N4O4/c1-34-19-9-8-18(14-20(19)35-2)23-30-24(36-31-23)17-10-12-32(13-11-17)21(33)15-29-22(25(26,27)28)16-6-4-3-5-7-16/h3-9,14,17,22,29H,10-13,15H2,1-2H3. The van der Waals surface area contributed by atoms with Crippen molar-refractivity contribution in [2.24, 2.45) is 0 Å². The first-order valence-electron chi connectivity index (χ1n) is 11.5. The highest BCUT2D eigenvalue weighted by atomic mass is 19.4. The van der Waals surface area contributed by atoms with Crippen molar-refractivity contribution in [3.63, 3.8) is 0 Å². The normalized spacial score (nSPS) is 15.5. The minimum Gasteiger partial charge on any atom is -0.493 e. The summed E-state index contributed by atoms with van der Waals surface area (Å²) < 4.78 is 56.6. The van der Waals surface area contributed by atoms with Crippen LogP contribution in [0.4, 0.5) is 13.2 Å². The summed E-state index contributed by atoms with van der Waals surface area (Å²) in [4.78, 5) is 18.7. The van der Waals surface area contributed by atoms with E-state index in [1.54, 1.807) is 43.4 Å². The van der Waals surface area contributed by atoms with E-state index in [4.69, 9.17) is 14.0 Å². The number of nitrogens with zero attached hydrogens (tertiary/aromatic N) is 3. The second-order valence-corrected chi connectivity index (χ2v) is 8.45. The molecule has 1 aliphatic heterocycles. The van der Waals surface area contributed by atoms with Gasteiger partial charge in [-0.15, -0.1) is 0 Å². The maximum absolute atomic E-state index is 13.5. The van der Waals surface area contributed by atoms with Crippen LogP contribution in [0.3, 0.4) is 0 Å². The highest BCUT2D eigenvalue weighted by Crippen LogP contribution is 2.34. The fraction of sp³-hybridized carbons (Fsp3) is 0.400. The maximum Gasteiger partial charge on any atom is 0.407 e. The van der Waals surface area contributed by atoms with E-state index in [9.17, 15) is 18.0 Å². The molecule has 11 heteroatoms. The lowest BCUT2D eigenvalue weighted by molar-refractivity contribution is -0.159. The minimum atomic E-state index is -4.52. The fourth-order valence-corrected chi connectivity index (χ4v) is 4.24. The molecule has 1 saturated heterocycles. The van der Waals surface area contributed by atoms with Crippen LogP contribution in [-0.4, -0.2) is 61.0 Å². The topological polar surface area (TPSA) is 89.7 Å². The number of carbonyl (C=O) groups is 1. The van der Waals surface area contributed by atoms with Crippen molar-refractivity contribution in [2.45, 2.75) is 31.0 Å². The van der Waals surface area contributed by atoms with Gasteiger partial charge in [0.1, 0.15) is 6.04 Å². The van der Waals surface area contributed by atoms with Gasteiger partial charge in [0.2, 0.25) is 17.6 Å². The Morgan fingerprint density at radius 1 is 1.11 bits per heavy atom. The number of methoxy groups -OCH3 is 2. The number of piperidine rings is 1. The highest BCUT2D eigenvalue weighted by molar-refractivity contribution is 5.78. The van der Waals surface area contributed by atoms with Crippen LogP contribution in [0.5, 0.6) is 11.5 Å². The quantitative estimate of drug-likeness (QED) is 0.488. The van der Waals surface area contributed by atoms with E-state index >= 15 is 0 Å². The smallest absolute Gasteiger partial charge is 0.407 e. The summed E-state index contributed by atoms with van der Waals surface area (Å²) in [6, 6.07) is 10.9. The molecule has 1 aromatic heterocycles. The van der Waals surface area contributed by atoms with Gasteiger partial charge in [-0.25, -0.2) is 0 Å². The van der Waals surface area contributed by atoms with Gasteiger partial charge in [0.25, 0.3) is 0 Å². The number of carbonyl (C=O) groups excluding carboxylic acids is 1. The molecule has 0 aliphatic carbocycles. The van der Waals surface area contributed by atoms with Crippen LogP contribution >= 0.6 is 0 Å². The van der Waals surface area contributed by atoms with Crippen molar-refractivity contribution in [3.05, 3.63) is 60.0 Å². The Kier molecular flexibility index (Phi) is 7.78. The first-order valence-corrected chi connectivity index (χ1v) is 11.5. The van der Waals surface area contributed by atoms with Gasteiger partial charge in [-0.05, 0) is 36.6 Å². The van der Waals surface area contributed by atoms with Crippen LogP contribution in [0.25, 0.3) is 11.4 Å². The molecule has 1 atom stereocenters. The molecule has 0 saturated carbocycles. The summed E-state index contributed by atoms with van der Waals surface area (Å²) in [6.07, 6.45) is -3.38. The molecule has 0 spiro atoms. The summed E-state index contributed by atoms with van der Waals surface area (Å²) in [5.74, 6) is 1.58. The molecule has 1 aliphatic rings. The summed E-state index contributed by atoms with van der Waals surface area (Å²) in [6.45, 7) is 0.371. The van der Waals surface area contributed by atoms with Crippen LogP contribution in [0, 0.1) is 0 Å². The molecule has 192 valence electrons. The van der Waals surface area contributed by atoms with E-state index in [2.05, 4.69) is 15.5 Å². The molecule has 1 unspecified atom stereocenters. The van der Waals surface area contributed by atoms with Crippen molar-refractivity contribution < 1.29 is 32.0 Å². The number of hydrogen-bond donors (Lipinski definition) is 1. The monoisotopic (exact) mass is 504 g/mol. The molecule has 1 fully saturated rings. The molecular weight excluding hydrogens is 477 g/mol. The average molecular weight is 505 g/mol. The first kappa shape index (κ1) is 25.5. The zero-order chi connectivity index (χ0) is 25.7. The van der Waals surface area contributed by atoms with E-state index < -0.39 is 18.8 Å². The third kappa shape index (κ3) is 5.78. The number of likely N-dealkylation sites (tertiary alicyclic amines) is 1. The molecule has 0 radical (unpaired) electrons. The van der Waals surface area contributed by atoms with Gasteiger partial charge >= 0.3 is 6.18 Å². The van der Waals surface area contributed by atoms with Crippen LogP contribution in [0.15, 0.2) is 53.1 Å². The molecule has 1 amide bonds. The number of ether oxygens (including phenoxy) is 2. The molecule has 1 N–H and O–H groups in total. The van der Waals surface area contributed by atoms with E-state index in [1.807, 2.05) is 0 Å². The number of hydrogen-bond acceptors (Lipinski definition) is 7. The Balaban J connectivity index is 1.33. The highest BCUT2D eigenvalue weighted by Gasteiger charge is 2.41. The summed E-state index contributed by atoms with van der Waals surface area (Å²) >= 11 is 0. The van der Waals surface area contributed by atoms with Gasteiger partial charge in [0, 0.05) is 24.6 Å². The number of nitrogens with one attached hydrogen (secondary N) is 1. The molecule has 2 aromatic carbocycles. The van der Waals surface area contributed by atoms with Crippen molar-refractivity contribution >= 4 is 5.91 Å². The number of amides is 1. The number of aromatic nitrogens is 2. The Hall–Kier alpha value is -3.60. The molecule has 36 heavy (non-hydrogen) atoms. The SMILES string of the molecule is COc1ccc(-c2noc(C3CCN(C(=O)CNC(c4ccccc4)C(F)(F)F)CC3)n2)cc1OC. The third-order valence-corrected chi connectivity index (χ3v) is 6.20. The lowest BCUT2D eigenvalue weighted by Gasteiger charge is -2.31. The number of halogens is 3. The summed E-state index contributed by atoms with van der Waals surface area (Å²) in [5, 5.41) is 6.45. The molecular formula is C25H27F3N4O4. The number of rotatable bonds is 8. The van der Waals surface area contributed by atoms with E-state index in [0.717, 1.165) is 0 Å². The Bertz CT molecular complexity index is 1160. The van der Waals surface area contributed by atoms with Gasteiger partial charge in [-0.1, -0.05) is 35.5 Å². The Morgan fingerprint density at radius 2 is 1.81 bits per heavy atom. The van der Waals surface area contributed by atoms with Crippen LogP contribution in [0.2, 0.25) is 0 Å². The molecule has 3 aromatic rings. The first-order chi connectivity index (χ1) is 17.3. The Morgan fingerprint density at radius 3 is 2.44 bits per heavy atom. The van der Waals surface area contributed by atoms with Crippen molar-refractivity contribution in [1.29, 1.82) is 0 Å². The summed E-state index contributed by atoms with van der Waals surface area (Å²) in [5.41, 5.74) is 0.775. The van der Waals surface area contributed by atoms with Crippen LogP contribution in [0.1, 0.15) is 36.3 Å². The van der Waals surface area contributed by atoms with Crippen LogP contribution in [-0.2, 0) is 4.79 Å².